The van der Waals surface area contributed by atoms with E-state index in [1.807, 2.05) is 6.92 Å². The van der Waals surface area contributed by atoms with Crippen molar-refractivity contribution in [1.29, 1.82) is 0 Å². The molecule has 0 saturated carbocycles. The summed E-state index contributed by atoms with van der Waals surface area (Å²) >= 11 is 0. The minimum absolute atomic E-state index is 0.217. The summed E-state index contributed by atoms with van der Waals surface area (Å²) in [6.07, 6.45) is 0. The Morgan fingerprint density at radius 1 is 1.44 bits per heavy atom. The number of hydrogen-bond acceptors (Lipinski definition) is 4. The molecule has 0 amide bonds. The summed E-state index contributed by atoms with van der Waals surface area (Å²) in [7, 11) is 0. The Hall–Kier alpha value is -2.14. The molecule has 2 rings (SSSR count). The zero-order valence-electron chi connectivity index (χ0n) is 8.69. The number of fused-ring (bicyclic) bond motifs is 1. The van der Waals surface area contributed by atoms with Gasteiger partial charge < -0.3 is 10.5 Å². The highest BCUT2D eigenvalue weighted by atomic mass is 16.4. The van der Waals surface area contributed by atoms with Crippen molar-refractivity contribution >= 4 is 22.6 Å². The van der Waals surface area contributed by atoms with E-state index in [0.29, 0.717) is 11.1 Å². The molecule has 0 atom stereocenters. The van der Waals surface area contributed by atoms with E-state index in [1.54, 1.807) is 18.2 Å². The topological polar surface area (TPSA) is 88.2 Å². The van der Waals surface area contributed by atoms with E-state index in [4.69, 9.17) is 10.9 Å². The van der Waals surface area contributed by atoms with E-state index in [2.05, 4.69) is 10.4 Å². The van der Waals surface area contributed by atoms with Gasteiger partial charge in [0.15, 0.2) is 0 Å². The third-order valence-corrected chi connectivity index (χ3v) is 2.34. The summed E-state index contributed by atoms with van der Waals surface area (Å²) in [4.78, 5) is 15.1. The highest BCUT2D eigenvalue weighted by molar-refractivity contribution is 5.98. The minimum Gasteiger partial charge on any atom is -0.478 e. The van der Waals surface area contributed by atoms with E-state index in [9.17, 15) is 4.79 Å². The highest BCUT2D eigenvalue weighted by Gasteiger charge is 2.07. The average Bonchev–Trinajstić information content (AvgIpc) is 2.27. The summed E-state index contributed by atoms with van der Waals surface area (Å²) in [6.45, 7) is 1.85. The number of aryl methyl sites for hydroxylation is 1. The lowest BCUT2D eigenvalue weighted by Crippen LogP contribution is -2.08. The monoisotopic (exact) mass is 217 g/mol. The van der Waals surface area contributed by atoms with Gasteiger partial charge in [0.05, 0.1) is 16.8 Å². The number of anilines is 1. The molecule has 2 aromatic rings. The van der Waals surface area contributed by atoms with E-state index in [-0.39, 0.29) is 5.56 Å². The van der Waals surface area contributed by atoms with Gasteiger partial charge in [-0.05, 0) is 31.2 Å². The van der Waals surface area contributed by atoms with Crippen LogP contribution in [0.4, 0.5) is 5.69 Å². The number of aromatic nitrogens is 1. The van der Waals surface area contributed by atoms with E-state index >= 15 is 0 Å². The second kappa shape index (κ2) is 3.79. The molecule has 1 aromatic carbocycles. The van der Waals surface area contributed by atoms with Crippen LogP contribution in [0.1, 0.15) is 16.1 Å². The number of benzene rings is 1. The number of nitrogen functional groups attached to an aromatic ring is 1. The molecule has 0 unspecified atom stereocenters. The standard InChI is InChI=1S/C11H11N3O2/c1-6-4-10(14-12)8-5-7(11(15)16)2-3-9(8)13-6/h2-5H,12H2,1H3,(H,13,14)(H,15,16). The lowest BCUT2D eigenvalue weighted by Gasteiger charge is -2.07. The van der Waals surface area contributed by atoms with Gasteiger partial charge in [-0.3, -0.25) is 10.8 Å². The molecule has 0 fully saturated rings. The molecule has 4 N–H and O–H groups in total. The fourth-order valence-corrected chi connectivity index (χ4v) is 1.61. The van der Waals surface area contributed by atoms with Crippen LogP contribution in [0.2, 0.25) is 0 Å². The number of nitrogens with zero attached hydrogens (tertiary/aromatic N) is 1. The van der Waals surface area contributed by atoms with Crippen molar-refractivity contribution in [3.63, 3.8) is 0 Å². The molecule has 82 valence electrons. The van der Waals surface area contributed by atoms with Crippen LogP contribution in [0.3, 0.4) is 0 Å². The average molecular weight is 217 g/mol. The molecule has 0 bridgehead atoms. The number of carboxylic acid groups (broad SMARTS) is 1. The Balaban J connectivity index is 2.75. The predicted molar refractivity (Wildman–Crippen MR) is 61.2 cm³/mol. The van der Waals surface area contributed by atoms with Crippen molar-refractivity contribution in [2.75, 3.05) is 5.43 Å². The zero-order valence-corrected chi connectivity index (χ0v) is 8.69. The molecule has 5 heteroatoms. The molecule has 0 radical (unpaired) electrons. The van der Waals surface area contributed by atoms with Crippen LogP contribution >= 0.6 is 0 Å². The largest absolute Gasteiger partial charge is 0.478 e. The molecule has 0 aliphatic heterocycles. The molecule has 0 aliphatic rings. The summed E-state index contributed by atoms with van der Waals surface area (Å²) < 4.78 is 0. The van der Waals surface area contributed by atoms with Crippen LogP contribution in [0.15, 0.2) is 24.3 Å². The van der Waals surface area contributed by atoms with Crippen LogP contribution in [0.5, 0.6) is 0 Å². The Labute approximate surface area is 91.9 Å². The maximum absolute atomic E-state index is 10.8. The van der Waals surface area contributed by atoms with Gasteiger partial charge in [0.2, 0.25) is 0 Å². The molecule has 1 heterocycles. The van der Waals surface area contributed by atoms with Crippen LogP contribution in [-0.2, 0) is 0 Å². The number of pyridine rings is 1. The molecule has 1 aromatic heterocycles. The first-order chi connectivity index (χ1) is 7.61. The third-order valence-electron chi connectivity index (χ3n) is 2.34. The van der Waals surface area contributed by atoms with Crippen molar-refractivity contribution in [1.82, 2.24) is 4.98 Å². The Morgan fingerprint density at radius 3 is 2.81 bits per heavy atom. The number of nitrogens with one attached hydrogen (secondary N) is 1. The maximum atomic E-state index is 10.8. The minimum atomic E-state index is -0.967. The van der Waals surface area contributed by atoms with Crippen LogP contribution < -0.4 is 11.3 Å². The highest BCUT2D eigenvalue weighted by Crippen LogP contribution is 2.23. The first kappa shape index (κ1) is 10.4. The number of rotatable bonds is 2. The fraction of sp³-hybridized carbons (Fsp3) is 0.0909. The van der Waals surface area contributed by atoms with E-state index < -0.39 is 5.97 Å². The molecule has 0 aliphatic carbocycles. The van der Waals surface area contributed by atoms with Crippen molar-refractivity contribution in [3.8, 4) is 0 Å². The molecule has 5 nitrogen and oxygen atoms in total. The van der Waals surface area contributed by atoms with Crippen LogP contribution in [0, 0.1) is 6.92 Å². The van der Waals surface area contributed by atoms with Crippen LogP contribution in [0.25, 0.3) is 10.9 Å². The van der Waals surface area contributed by atoms with Gasteiger partial charge >= 0.3 is 5.97 Å². The van der Waals surface area contributed by atoms with Crippen molar-refractivity contribution < 1.29 is 9.90 Å². The zero-order chi connectivity index (χ0) is 11.7. The number of carbonyl (C=O) groups is 1. The molecular weight excluding hydrogens is 206 g/mol. The Kier molecular flexibility index (Phi) is 2.46. The number of nitrogens with two attached hydrogens (primary N) is 1. The lowest BCUT2D eigenvalue weighted by molar-refractivity contribution is 0.0697. The van der Waals surface area contributed by atoms with E-state index in [1.165, 1.54) is 6.07 Å². The Morgan fingerprint density at radius 2 is 2.19 bits per heavy atom. The Bertz CT molecular complexity index is 566. The van der Waals surface area contributed by atoms with Gasteiger partial charge in [0, 0.05) is 11.1 Å². The van der Waals surface area contributed by atoms with Crippen molar-refractivity contribution in [2.24, 2.45) is 5.84 Å². The number of aromatic carboxylic acids is 1. The summed E-state index contributed by atoms with van der Waals surface area (Å²) in [6, 6.07) is 6.53. The quantitative estimate of drug-likeness (QED) is 0.524. The molecular formula is C11H11N3O2. The summed E-state index contributed by atoms with van der Waals surface area (Å²) in [5, 5.41) is 9.59. The van der Waals surface area contributed by atoms with Gasteiger partial charge in [0.1, 0.15) is 0 Å². The maximum Gasteiger partial charge on any atom is 0.335 e. The number of carboxylic acids is 1. The van der Waals surface area contributed by atoms with Crippen molar-refractivity contribution in [3.05, 3.63) is 35.5 Å². The van der Waals surface area contributed by atoms with Crippen molar-refractivity contribution in [2.45, 2.75) is 6.92 Å². The van der Waals surface area contributed by atoms with Crippen LogP contribution in [-0.4, -0.2) is 16.1 Å². The third kappa shape index (κ3) is 1.68. The fourth-order valence-electron chi connectivity index (χ4n) is 1.61. The van der Waals surface area contributed by atoms with Gasteiger partial charge in [-0.25, -0.2) is 4.79 Å². The molecule has 16 heavy (non-hydrogen) atoms. The number of hydrogen-bond donors (Lipinski definition) is 3. The smallest absolute Gasteiger partial charge is 0.335 e. The molecule has 0 saturated heterocycles. The van der Waals surface area contributed by atoms with E-state index in [0.717, 1.165) is 11.2 Å². The lowest BCUT2D eigenvalue weighted by atomic mass is 10.1. The van der Waals surface area contributed by atoms with Gasteiger partial charge in [-0.1, -0.05) is 0 Å². The first-order valence-corrected chi connectivity index (χ1v) is 4.73. The summed E-state index contributed by atoms with van der Waals surface area (Å²) in [5.41, 5.74) is 4.98. The number of hydrazine groups is 1. The SMILES string of the molecule is Cc1cc(NN)c2cc(C(=O)O)ccc2n1. The summed E-state index contributed by atoms with van der Waals surface area (Å²) in [5.74, 6) is 4.42. The molecule has 0 spiro atoms. The normalized spacial score (nSPS) is 10.4. The van der Waals surface area contributed by atoms with Gasteiger partial charge in [0.25, 0.3) is 0 Å². The van der Waals surface area contributed by atoms with Gasteiger partial charge in [-0.15, -0.1) is 0 Å². The second-order valence-corrected chi connectivity index (χ2v) is 3.49. The van der Waals surface area contributed by atoms with Gasteiger partial charge in [-0.2, -0.15) is 0 Å². The first-order valence-electron chi connectivity index (χ1n) is 4.73. The predicted octanol–water partition coefficient (Wildman–Crippen LogP) is 1.53. The second-order valence-electron chi connectivity index (χ2n) is 3.49.